The molecule has 2 heterocycles. The molecule has 0 aliphatic heterocycles. The molecule has 0 unspecified atom stereocenters. The molecule has 2 aromatic heterocycles. The number of hydrogen-bond donors (Lipinski definition) is 1. The molecule has 1 N–H and O–H groups in total. The number of carbonyl (C=O) groups excluding carboxylic acids is 2. The zero-order chi connectivity index (χ0) is 21.8. The smallest absolute Gasteiger partial charge is 0.255 e. The summed E-state index contributed by atoms with van der Waals surface area (Å²) in [6, 6.07) is 18.9. The number of pyridine rings is 1. The number of nitriles is 1. The number of aromatic nitrogens is 3. The van der Waals surface area contributed by atoms with Gasteiger partial charge in [-0.2, -0.15) is 5.26 Å². The lowest BCUT2D eigenvalue weighted by molar-refractivity contribution is 0.101. The molecule has 7 heteroatoms. The fourth-order valence-electron chi connectivity index (χ4n) is 2.97. The van der Waals surface area contributed by atoms with E-state index in [4.69, 9.17) is 0 Å². The molecule has 31 heavy (non-hydrogen) atoms. The van der Waals surface area contributed by atoms with Crippen molar-refractivity contribution in [3.8, 4) is 17.9 Å². The maximum absolute atomic E-state index is 12.7. The number of rotatable bonds is 3. The van der Waals surface area contributed by atoms with Crippen LogP contribution in [0.4, 0.5) is 5.69 Å². The third-order valence-electron chi connectivity index (χ3n) is 4.48. The molecule has 7 nitrogen and oxygen atoms in total. The Morgan fingerprint density at radius 2 is 1.77 bits per heavy atom. The lowest BCUT2D eigenvalue weighted by atomic mass is 10.1. The number of fused-ring (bicyclic) bond motifs is 1. The lowest BCUT2D eigenvalue weighted by Gasteiger charge is -2.07. The van der Waals surface area contributed by atoms with Crippen LogP contribution >= 0.6 is 0 Å². The van der Waals surface area contributed by atoms with Gasteiger partial charge in [0.2, 0.25) is 5.82 Å². The van der Waals surface area contributed by atoms with E-state index < -0.39 is 5.91 Å². The first kappa shape index (κ1) is 19.6. The van der Waals surface area contributed by atoms with E-state index in [9.17, 15) is 14.9 Å². The van der Waals surface area contributed by atoms with Gasteiger partial charge in [-0.1, -0.05) is 24.1 Å². The van der Waals surface area contributed by atoms with E-state index in [1.54, 1.807) is 47.0 Å². The Balaban J connectivity index is 1.64. The molecule has 0 atom stereocenters. The number of anilines is 1. The van der Waals surface area contributed by atoms with E-state index in [0.29, 0.717) is 33.8 Å². The second-order valence-corrected chi connectivity index (χ2v) is 6.70. The normalized spacial score (nSPS) is 10.1. The highest BCUT2D eigenvalue weighted by Gasteiger charge is 2.10. The Hall–Kier alpha value is -4.75. The Kier molecular flexibility index (Phi) is 5.25. The third kappa shape index (κ3) is 4.31. The first-order chi connectivity index (χ1) is 15.0. The van der Waals surface area contributed by atoms with Crippen LogP contribution in [-0.2, 0) is 0 Å². The largest absolute Gasteiger partial charge is 0.322 e. The number of hydrogen-bond acceptors (Lipinski definition) is 5. The van der Waals surface area contributed by atoms with Gasteiger partial charge in [0.25, 0.3) is 5.91 Å². The van der Waals surface area contributed by atoms with Gasteiger partial charge in [-0.25, -0.2) is 0 Å². The summed E-state index contributed by atoms with van der Waals surface area (Å²) in [5, 5.41) is 20.2. The highest BCUT2D eigenvalue weighted by molar-refractivity contribution is 6.05. The SMILES string of the molecule is CC(=O)c1cccc(NC(=O)c2cc(C#N)cc(C#Cc3nnc4ccccn34)c2)c1. The van der Waals surface area contributed by atoms with Crippen LogP contribution in [-0.4, -0.2) is 26.3 Å². The minimum atomic E-state index is -0.409. The Labute approximate surface area is 178 Å². The quantitative estimate of drug-likeness (QED) is 0.416. The summed E-state index contributed by atoms with van der Waals surface area (Å²) < 4.78 is 1.75. The first-order valence-electron chi connectivity index (χ1n) is 9.33. The van der Waals surface area contributed by atoms with Crippen molar-refractivity contribution in [1.82, 2.24) is 14.6 Å². The number of carbonyl (C=O) groups is 2. The van der Waals surface area contributed by atoms with E-state index in [1.165, 1.54) is 13.0 Å². The Morgan fingerprint density at radius 3 is 2.58 bits per heavy atom. The second kappa shape index (κ2) is 8.32. The third-order valence-corrected chi connectivity index (χ3v) is 4.48. The Bertz CT molecular complexity index is 1430. The van der Waals surface area contributed by atoms with Gasteiger partial charge in [0, 0.05) is 28.6 Å². The van der Waals surface area contributed by atoms with Crippen molar-refractivity contribution in [3.63, 3.8) is 0 Å². The molecule has 4 aromatic rings. The summed E-state index contributed by atoms with van der Waals surface area (Å²) >= 11 is 0. The highest BCUT2D eigenvalue weighted by atomic mass is 16.1. The average Bonchev–Trinajstić information content (AvgIpc) is 3.20. The standard InChI is InChI=1S/C24H15N5O2/c1-16(30)19-5-4-6-21(14-19)26-24(31)20-12-17(11-18(13-20)15-25)8-9-23-28-27-22-7-2-3-10-29(22)23/h2-7,10-14H,1H3,(H,26,31). The van der Waals surface area contributed by atoms with E-state index in [2.05, 4.69) is 27.4 Å². The van der Waals surface area contributed by atoms with Gasteiger partial charge in [-0.05, 0) is 55.3 Å². The minimum absolute atomic E-state index is 0.0962. The van der Waals surface area contributed by atoms with Crippen LogP contribution in [0.15, 0.2) is 66.9 Å². The second-order valence-electron chi connectivity index (χ2n) is 6.70. The topological polar surface area (TPSA) is 100 Å². The van der Waals surface area contributed by atoms with Crippen molar-refractivity contribution in [3.05, 3.63) is 94.9 Å². The fourth-order valence-corrected chi connectivity index (χ4v) is 2.97. The number of nitrogens with zero attached hydrogens (tertiary/aromatic N) is 4. The van der Waals surface area contributed by atoms with Gasteiger partial charge in [-0.15, -0.1) is 10.2 Å². The minimum Gasteiger partial charge on any atom is -0.322 e. The van der Waals surface area contributed by atoms with Crippen molar-refractivity contribution in [2.45, 2.75) is 6.92 Å². The molecule has 0 fully saturated rings. The van der Waals surface area contributed by atoms with Gasteiger partial charge in [0.1, 0.15) is 0 Å². The summed E-state index contributed by atoms with van der Waals surface area (Å²) in [4.78, 5) is 24.3. The molecule has 2 aromatic carbocycles. The van der Waals surface area contributed by atoms with Gasteiger partial charge in [0.15, 0.2) is 11.4 Å². The Morgan fingerprint density at radius 1 is 0.935 bits per heavy atom. The van der Waals surface area contributed by atoms with E-state index >= 15 is 0 Å². The van der Waals surface area contributed by atoms with Gasteiger partial charge < -0.3 is 5.32 Å². The van der Waals surface area contributed by atoms with Crippen LogP contribution in [0, 0.1) is 23.2 Å². The number of benzene rings is 2. The number of amides is 1. The van der Waals surface area contributed by atoms with Crippen LogP contribution in [0.5, 0.6) is 0 Å². The van der Waals surface area contributed by atoms with Crippen molar-refractivity contribution in [1.29, 1.82) is 5.26 Å². The molecule has 4 rings (SSSR count). The fraction of sp³-hybridized carbons (Fsp3) is 0.0417. The highest BCUT2D eigenvalue weighted by Crippen LogP contribution is 2.15. The lowest BCUT2D eigenvalue weighted by Crippen LogP contribution is -2.12. The first-order valence-corrected chi connectivity index (χ1v) is 9.33. The predicted molar refractivity (Wildman–Crippen MR) is 115 cm³/mol. The van der Waals surface area contributed by atoms with Crippen LogP contribution in [0.3, 0.4) is 0 Å². The zero-order valence-corrected chi connectivity index (χ0v) is 16.5. The predicted octanol–water partition coefficient (Wildman–Crippen LogP) is 3.46. The summed E-state index contributed by atoms with van der Waals surface area (Å²) in [5.41, 5.74) is 2.74. The van der Waals surface area contributed by atoms with E-state index in [1.807, 2.05) is 24.3 Å². The summed E-state index contributed by atoms with van der Waals surface area (Å²) in [7, 11) is 0. The van der Waals surface area contributed by atoms with Crippen LogP contribution < -0.4 is 5.32 Å². The van der Waals surface area contributed by atoms with Crippen LogP contribution in [0.2, 0.25) is 0 Å². The van der Waals surface area contributed by atoms with E-state index in [-0.39, 0.29) is 11.3 Å². The van der Waals surface area contributed by atoms with Gasteiger partial charge in [0.05, 0.1) is 11.6 Å². The van der Waals surface area contributed by atoms with Crippen molar-refractivity contribution >= 4 is 23.0 Å². The molecule has 0 saturated carbocycles. The molecule has 0 bridgehead atoms. The molecule has 0 aliphatic rings. The average molecular weight is 405 g/mol. The molecular formula is C24H15N5O2. The van der Waals surface area contributed by atoms with Crippen molar-refractivity contribution < 1.29 is 9.59 Å². The number of ketones is 1. The zero-order valence-electron chi connectivity index (χ0n) is 16.5. The number of nitrogens with one attached hydrogen (secondary N) is 1. The maximum Gasteiger partial charge on any atom is 0.255 e. The molecule has 0 spiro atoms. The van der Waals surface area contributed by atoms with Crippen LogP contribution in [0.25, 0.3) is 5.65 Å². The van der Waals surface area contributed by atoms with Gasteiger partial charge >= 0.3 is 0 Å². The molecular weight excluding hydrogens is 390 g/mol. The number of Topliss-reactive ketones (excluding diaryl/α,β-unsaturated/α-hetero) is 1. The molecule has 0 saturated heterocycles. The molecule has 0 aliphatic carbocycles. The molecule has 0 radical (unpaired) electrons. The van der Waals surface area contributed by atoms with Gasteiger partial charge in [-0.3, -0.25) is 14.0 Å². The molecule has 1 amide bonds. The van der Waals surface area contributed by atoms with E-state index in [0.717, 1.165) is 0 Å². The van der Waals surface area contributed by atoms with Crippen molar-refractivity contribution in [2.75, 3.05) is 5.32 Å². The van der Waals surface area contributed by atoms with Crippen molar-refractivity contribution in [2.24, 2.45) is 0 Å². The van der Waals surface area contributed by atoms with Crippen LogP contribution in [0.1, 0.15) is 44.6 Å². The summed E-state index contributed by atoms with van der Waals surface area (Å²) in [5.74, 6) is 5.82. The monoisotopic (exact) mass is 405 g/mol. The molecule has 148 valence electrons. The summed E-state index contributed by atoms with van der Waals surface area (Å²) in [6.45, 7) is 1.46. The summed E-state index contributed by atoms with van der Waals surface area (Å²) in [6.07, 6.45) is 1.80. The maximum atomic E-state index is 12.7.